The predicted molar refractivity (Wildman–Crippen MR) is 90.4 cm³/mol. The number of ether oxygens (including phenoxy) is 1. The molecule has 0 aliphatic carbocycles. The van der Waals surface area contributed by atoms with Crippen molar-refractivity contribution in [2.24, 2.45) is 0 Å². The zero-order valence-electron chi connectivity index (χ0n) is 14.2. The molecule has 0 saturated carbocycles. The summed E-state index contributed by atoms with van der Waals surface area (Å²) in [4.78, 5) is 16.5. The quantitative estimate of drug-likeness (QED) is 0.925. The van der Waals surface area contributed by atoms with E-state index in [1.54, 1.807) is 0 Å². The molecule has 2 aliphatic heterocycles. The van der Waals surface area contributed by atoms with Crippen LogP contribution in [0.4, 0.5) is 4.79 Å². The number of hydrogen-bond acceptors (Lipinski definition) is 3. The molecule has 1 N–H and O–H groups in total. The Morgan fingerprint density at radius 2 is 2.04 bits per heavy atom. The average molecular weight is 317 g/mol. The van der Waals surface area contributed by atoms with Crippen LogP contribution >= 0.6 is 0 Å². The highest BCUT2D eigenvalue weighted by atomic mass is 16.5. The number of nitrogens with zero attached hydrogens (tertiary/aromatic N) is 2. The molecule has 0 radical (unpaired) electrons. The van der Waals surface area contributed by atoms with Crippen LogP contribution in [0.5, 0.6) is 0 Å². The minimum absolute atomic E-state index is 0.0267. The number of morpholine rings is 1. The van der Waals surface area contributed by atoms with Crippen molar-refractivity contribution < 1.29 is 9.53 Å². The monoisotopic (exact) mass is 317 g/mol. The van der Waals surface area contributed by atoms with Gasteiger partial charge >= 0.3 is 6.03 Å². The molecule has 0 bridgehead atoms. The van der Waals surface area contributed by atoms with E-state index in [0.29, 0.717) is 26.2 Å². The van der Waals surface area contributed by atoms with Crippen LogP contribution in [0.3, 0.4) is 0 Å². The molecule has 5 nitrogen and oxygen atoms in total. The molecule has 23 heavy (non-hydrogen) atoms. The maximum Gasteiger partial charge on any atom is 0.317 e. The van der Waals surface area contributed by atoms with Gasteiger partial charge in [-0.05, 0) is 31.4 Å². The van der Waals surface area contributed by atoms with Gasteiger partial charge in [0.15, 0.2) is 0 Å². The summed E-state index contributed by atoms with van der Waals surface area (Å²) in [5, 5.41) is 3.05. The summed E-state index contributed by atoms with van der Waals surface area (Å²) in [6.07, 6.45) is 1.10. The molecule has 1 saturated heterocycles. The molecular weight excluding hydrogens is 290 g/mol. The molecule has 126 valence electrons. The minimum Gasteiger partial charge on any atom is -0.372 e. The molecule has 1 fully saturated rings. The van der Waals surface area contributed by atoms with Crippen molar-refractivity contribution in [1.82, 2.24) is 15.1 Å². The second-order valence-electron chi connectivity index (χ2n) is 7.06. The van der Waals surface area contributed by atoms with Gasteiger partial charge in [0, 0.05) is 32.7 Å². The van der Waals surface area contributed by atoms with Crippen molar-refractivity contribution in [1.29, 1.82) is 0 Å². The van der Waals surface area contributed by atoms with Crippen LogP contribution in [0.25, 0.3) is 0 Å². The van der Waals surface area contributed by atoms with Gasteiger partial charge in [0.1, 0.15) is 0 Å². The molecule has 2 amide bonds. The van der Waals surface area contributed by atoms with E-state index in [0.717, 1.165) is 26.1 Å². The number of urea groups is 1. The van der Waals surface area contributed by atoms with Crippen LogP contribution in [-0.2, 0) is 17.7 Å². The fourth-order valence-corrected chi connectivity index (χ4v) is 3.37. The summed E-state index contributed by atoms with van der Waals surface area (Å²) in [5.74, 6) is 0. The second kappa shape index (κ2) is 6.89. The van der Waals surface area contributed by atoms with E-state index in [2.05, 4.69) is 34.5 Å². The highest BCUT2D eigenvalue weighted by Crippen LogP contribution is 2.18. The van der Waals surface area contributed by atoms with Crippen molar-refractivity contribution in [3.63, 3.8) is 0 Å². The van der Waals surface area contributed by atoms with Crippen LogP contribution in [-0.4, -0.2) is 60.8 Å². The first-order chi connectivity index (χ1) is 11.0. The van der Waals surface area contributed by atoms with Crippen molar-refractivity contribution in [2.45, 2.75) is 32.4 Å². The topological polar surface area (TPSA) is 44.8 Å². The smallest absolute Gasteiger partial charge is 0.317 e. The molecule has 0 aromatic heterocycles. The van der Waals surface area contributed by atoms with Crippen LogP contribution in [0.1, 0.15) is 25.0 Å². The molecular formula is C18H27N3O2. The predicted octanol–water partition coefficient (Wildman–Crippen LogP) is 1.87. The van der Waals surface area contributed by atoms with E-state index in [1.807, 2.05) is 18.7 Å². The van der Waals surface area contributed by atoms with E-state index < -0.39 is 0 Å². The molecule has 1 aromatic rings. The number of nitrogens with one attached hydrogen (secondary N) is 1. The minimum atomic E-state index is -0.244. The zero-order valence-corrected chi connectivity index (χ0v) is 14.2. The first-order valence-electron chi connectivity index (χ1n) is 8.49. The van der Waals surface area contributed by atoms with Gasteiger partial charge in [-0.2, -0.15) is 0 Å². The standard InChI is InChI=1S/C18H27N3O2/c1-18(2)14-21(11-12-23-18)17(22)19-8-10-20-9-7-15-5-3-4-6-16(15)13-20/h3-6H,7-14H2,1-2H3,(H,19,22). The van der Waals surface area contributed by atoms with E-state index in [-0.39, 0.29) is 11.6 Å². The Morgan fingerprint density at radius 3 is 2.83 bits per heavy atom. The van der Waals surface area contributed by atoms with Gasteiger partial charge in [0.2, 0.25) is 0 Å². The number of carbonyl (C=O) groups excluding carboxylic acids is 1. The third-order valence-electron chi connectivity index (χ3n) is 4.63. The van der Waals surface area contributed by atoms with Gasteiger partial charge in [0.25, 0.3) is 0 Å². The SMILES string of the molecule is CC1(C)CN(C(=O)NCCN2CCc3ccccc3C2)CCO1. The van der Waals surface area contributed by atoms with E-state index in [9.17, 15) is 4.79 Å². The lowest BCUT2D eigenvalue weighted by molar-refractivity contribution is -0.0733. The Bertz CT molecular complexity index is 559. The largest absolute Gasteiger partial charge is 0.372 e. The Hall–Kier alpha value is -1.59. The number of hydrogen-bond donors (Lipinski definition) is 1. The normalized spacial score (nSPS) is 20.9. The molecule has 3 rings (SSSR count). The highest BCUT2D eigenvalue weighted by Gasteiger charge is 2.29. The second-order valence-corrected chi connectivity index (χ2v) is 7.06. The lowest BCUT2D eigenvalue weighted by Gasteiger charge is -2.38. The van der Waals surface area contributed by atoms with Gasteiger partial charge < -0.3 is 15.0 Å². The Kier molecular flexibility index (Phi) is 4.87. The van der Waals surface area contributed by atoms with Crippen LogP contribution in [0.15, 0.2) is 24.3 Å². The van der Waals surface area contributed by atoms with Crippen molar-refractivity contribution in [3.8, 4) is 0 Å². The van der Waals surface area contributed by atoms with Gasteiger partial charge in [0.05, 0.1) is 18.8 Å². The van der Waals surface area contributed by atoms with Crippen molar-refractivity contribution >= 4 is 6.03 Å². The van der Waals surface area contributed by atoms with Gasteiger partial charge in [-0.15, -0.1) is 0 Å². The van der Waals surface area contributed by atoms with Crippen molar-refractivity contribution in [2.75, 3.05) is 39.3 Å². The summed E-state index contributed by atoms with van der Waals surface area (Å²) in [5.41, 5.74) is 2.63. The number of benzene rings is 1. The zero-order chi connectivity index (χ0) is 16.3. The molecule has 2 aliphatic rings. The highest BCUT2D eigenvalue weighted by molar-refractivity contribution is 5.74. The first kappa shape index (κ1) is 16.3. The van der Waals surface area contributed by atoms with E-state index in [1.165, 1.54) is 11.1 Å². The van der Waals surface area contributed by atoms with Gasteiger partial charge in [-0.1, -0.05) is 24.3 Å². The summed E-state index contributed by atoms with van der Waals surface area (Å²) < 4.78 is 5.65. The number of rotatable bonds is 3. The summed E-state index contributed by atoms with van der Waals surface area (Å²) >= 11 is 0. The molecule has 1 aromatic carbocycles. The first-order valence-corrected chi connectivity index (χ1v) is 8.49. The van der Waals surface area contributed by atoms with Gasteiger partial charge in [-0.25, -0.2) is 4.79 Å². The Labute approximate surface area is 138 Å². The maximum atomic E-state index is 12.3. The maximum absolute atomic E-state index is 12.3. The summed E-state index contributed by atoms with van der Waals surface area (Å²) in [6.45, 7) is 9.63. The lowest BCUT2D eigenvalue weighted by atomic mass is 10.00. The van der Waals surface area contributed by atoms with Gasteiger partial charge in [-0.3, -0.25) is 4.90 Å². The molecule has 2 heterocycles. The number of amides is 2. The molecule has 0 atom stereocenters. The lowest BCUT2D eigenvalue weighted by Crippen LogP contribution is -2.54. The average Bonchev–Trinajstić information content (AvgIpc) is 2.53. The van der Waals surface area contributed by atoms with Crippen molar-refractivity contribution in [3.05, 3.63) is 35.4 Å². The van der Waals surface area contributed by atoms with Crippen LogP contribution in [0, 0.1) is 0 Å². The van der Waals surface area contributed by atoms with Crippen LogP contribution < -0.4 is 5.32 Å². The Morgan fingerprint density at radius 1 is 1.26 bits per heavy atom. The summed E-state index contributed by atoms with van der Waals surface area (Å²) in [7, 11) is 0. The third-order valence-corrected chi connectivity index (χ3v) is 4.63. The van der Waals surface area contributed by atoms with Crippen LogP contribution in [0.2, 0.25) is 0 Å². The fraction of sp³-hybridized carbons (Fsp3) is 0.611. The van der Waals surface area contributed by atoms with E-state index >= 15 is 0 Å². The number of carbonyl (C=O) groups is 1. The Balaban J connectivity index is 1.42. The summed E-state index contributed by atoms with van der Waals surface area (Å²) in [6, 6.07) is 8.66. The molecule has 0 unspecified atom stereocenters. The molecule has 0 spiro atoms. The molecule has 5 heteroatoms. The van der Waals surface area contributed by atoms with E-state index in [4.69, 9.17) is 4.74 Å². The third kappa shape index (κ3) is 4.24. The number of fused-ring (bicyclic) bond motifs is 1. The fourth-order valence-electron chi connectivity index (χ4n) is 3.37.